The van der Waals surface area contributed by atoms with Crippen molar-refractivity contribution in [1.82, 2.24) is 4.90 Å². The number of ether oxygens (including phenoxy) is 1. The van der Waals surface area contributed by atoms with Gasteiger partial charge in [-0.05, 0) is 30.7 Å². The van der Waals surface area contributed by atoms with Crippen molar-refractivity contribution in [2.24, 2.45) is 5.73 Å². The van der Waals surface area contributed by atoms with Gasteiger partial charge in [-0.2, -0.15) is 0 Å². The Balaban J connectivity index is 2.13. The van der Waals surface area contributed by atoms with Crippen LogP contribution in [0, 0.1) is 17.7 Å². The van der Waals surface area contributed by atoms with Crippen molar-refractivity contribution < 1.29 is 9.13 Å². The molecule has 0 bridgehead atoms. The van der Waals surface area contributed by atoms with E-state index in [1.165, 1.54) is 6.07 Å². The number of hydrogen-bond donors (Lipinski definition) is 1. The molecular weight excluding hydrogens is 243 g/mol. The molecule has 1 aliphatic heterocycles. The maximum atomic E-state index is 13.6. The highest BCUT2D eigenvalue weighted by Crippen LogP contribution is 2.15. The van der Waals surface area contributed by atoms with Crippen LogP contribution in [0.2, 0.25) is 0 Å². The van der Waals surface area contributed by atoms with E-state index in [9.17, 15) is 4.39 Å². The minimum atomic E-state index is -0.250. The van der Waals surface area contributed by atoms with E-state index in [1.807, 2.05) is 6.07 Å². The Morgan fingerprint density at radius 1 is 1.47 bits per heavy atom. The zero-order chi connectivity index (χ0) is 13.7. The van der Waals surface area contributed by atoms with Gasteiger partial charge in [-0.25, -0.2) is 4.39 Å². The van der Waals surface area contributed by atoms with Gasteiger partial charge in [0.2, 0.25) is 0 Å². The van der Waals surface area contributed by atoms with Gasteiger partial charge in [0.05, 0.1) is 19.8 Å². The second kappa shape index (κ2) is 6.67. The highest BCUT2D eigenvalue weighted by molar-refractivity contribution is 5.38. The van der Waals surface area contributed by atoms with Gasteiger partial charge < -0.3 is 10.5 Å². The summed E-state index contributed by atoms with van der Waals surface area (Å²) in [5, 5.41) is 0. The average Bonchev–Trinajstić information content (AvgIpc) is 2.38. The Hall–Kier alpha value is -1.41. The van der Waals surface area contributed by atoms with Crippen LogP contribution in [0.1, 0.15) is 18.1 Å². The lowest BCUT2D eigenvalue weighted by Gasteiger charge is -2.33. The third kappa shape index (κ3) is 4.03. The first-order valence-electron chi connectivity index (χ1n) is 6.49. The zero-order valence-corrected chi connectivity index (χ0v) is 11.2. The maximum Gasteiger partial charge on any atom is 0.124 e. The highest BCUT2D eigenvalue weighted by Gasteiger charge is 2.18. The van der Waals surface area contributed by atoms with Crippen LogP contribution in [-0.4, -0.2) is 37.2 Å². The van der Waals surface area contributed by atoms with Crippen LogP contribution in [-0.2, 0) is 11.3 Å². The average molecular weight is 262 g/mol. The Labute approximate surface area is 113 Å². The molecule has 1 heterocycles. The monoisotopic (exact) mass is 262 g/mol. The summed E-state index contributed by atoms with van der Waals surface area (Å²) >= 11 is 0. The first-order chi connectivity index (χ1) is 9.19. The van der Waals surface area contributed by atoms with Gasteiger partial charge in [-0.1, -0.05) is 11.8 Å². The predicted octanol–water partition coefficient (Wildman–Crippen LogP) is 1.36. The van der Waals surface area contributed by atoms with E-state index in [0.29, 0.717) is 11.6 Å². The first kappa shape index (κ1) is 14.0. The second-order valence-electron chi connectivity index (χ2n) is 4.75. The van der Waals surface area contributed by atoms with Crippen LogP contribution in [0.4, 0.5) is 4.39 Å². The number of nitrogens with two attached hydrogens (primary N) is 1. The van der Waals surface area contributed by atoms with E-state index in [-0.39, 0.29) is 12.4 Å². The molecule has 4 heteroatoms. The van der Waals surface area contributed by atoms with Gasteiger partial charge in [-0.3, -0.25) is 4.90 Å². The second-order valence-corrected chi connectivity index (χ2v) is 4.75. The van der Waals surface area contributed by atoms with Gasteiger partial charge in [0.25, 0.3) is 0 Å². The van der Waals surface area contributed by atoms with Crippen LogP contribution in [0.15, 0.2) is 18.2 Å². The summed E-state index contributed by atoms with van der Waals surface area (Å²) in [4.78, 5) is 2.29. The fourth-order valence-corrected chi connectivity index (χ4v) is 2.20. The quantitative estimate of drug-likeness (QED) is 0.818. The van der Waals surface area contributed by atoms with Crippen LogP contribution < -0.4 is 5.73 Å². The molecule has 1 fully saturated rings. The van der Waals surface area contributed by atoms with Crippen molar-refractivity contribution in [2.45, 2.75) is 19.5 Å². The molecule has 1 atom stereocenters. The minimum absolute atomic E-state index is 0.250. The largest absolute Gasteiger partial charge is 0.379 e. The molecule has 0 spiro atoms. The van der Waals surface area contributed by atoms with Gasteiger partial charge in [0.1, 0.15) is 5.82 Å². The number of benzene rings is 1. The molecule has 0 saturated carbocycles. The molecule has 19 heavy (non-hydrogen) atoms. The zero-order valence-electron chi connectivity index (χ0n) is 11.2. The molecule has 1 saturated heterocycles. The summed E-state index contributed by atoms with van der Waals surface area (Å²) in [5.74, 6) is 5.37. The Kier molecular flexibility index (Phi) is 4.92. The van der Waals surface area contributed by atoms with Gasteiger partial charge in [0, 0.05) is 24.7 Å². The van der Waals surface area contributed by atoms with Crippen molar-refractivity contribution >= 4 is 0 Å². The molecule has 1 aromatic rings. The fraction of sp³-hybridized carbons (Fsp3) is 0.467. The maximum absolute atomic E-state index is 13.6. The number of hydrogen-bond acceptors (Lipinski definition) is 3. The summed E-state index contributed by atoms with van der Waals surface area (Å²) in [6.07, 6.45) is 0. The van der Waals surface area contributed by atoms with E-state index in [0.717, 1.165) is 31.9 Å². The standard InChI is InChI=1S/C15H19FN2O/c1-12-11-19-6-5-18(12)10-14-7-13(3-2-4-17)8-15(16)9-14/h7-9,12H,4-6,10-11,17H2,1H3. The Morgan fingerprint density at radius 3 is 3.05 bits per heavy atom. The van der Waals surface area contributed by atoms with Crippen LogP contribution in [0.25, 0.3) is 0 Å². The molecule has 102 valence electrons. The normalized spacial score (nSPS) is 19.8. The lowest BCUT2D eigenvalue weighted by Crippen LogP contribution is -2.42. The van der Waals surface area contributed by atoms with Gasteiger partial charge in [0.15, 0.2) is 0 Å². The van der Waals surface area contributed by atoms with Crippen molar-refractivity contribution in [3.8, 4) is 11.8 Å². The van der Waals surface area contributed by atoms with E-state index < -0.39 is 0 Å². The molecule has 1 unspecified atom stereocenters. The van der Waals surface area contributed by atoms with E-state index >= 15 is 0 Å². The number of halogens is 1. The molecule has 0 aliphatic carbocycles. The topological polar surface area (TPSA) is 38.5 Å². The first-order valence-corrected chi connectivity index (χ1v) is 6.49. The SMILES string of the molecule is CC1COCCN1Cc1cc(F)cc(C#CCN)c1. The lowest BCUT2D eigenvalue weighted by atomic mass is 10.1. The third-order valence-corrected chi connectivity index (χ3v) is 3.18. The Morgan fingerprint density at radius 2 is 2.32 bits per heavy atom. The number of morpholine rings is 1. The third-order valence-electron chi connectivity index (χ3n) is 3.18. The molecule has 1 aliphatic rings. The van der Waals surface area contributed by atoms with Crippen molar-refractivity contribution in [2.75, 3.05) is 26.3 Å². The van der Waals surface area contributed by atoms with Gasteiger partial charge >= 0.3 is 0 Å². The Bertz CT molecular complexity index is 493. The van der Waals surface area contributed by atoms with Crippen molar-refractivity contribution in [3.05, 3.63) is 35.1 Å². The van der Waals surface area contributed by atoms with Gasteiger partial charge in [-0.15, -0.1) is 0 Å². The summed E-state index contributed by atoms with van der Waals surface area (Å²) in [5.41, 5.74) is 6.95. The molecule has 1 aromatic carbocycles. The highest BCUT2D eigenvalue weighted by atomic mass is 19.1. The number of nitrogens with zero attached hydrogens (tertiary/aromatic N) is 1. The van der Waals surface area contributed by atoms with Crippen LogP contribution in [0.5, 0.6) is 0 Å². The fourth-order valence-electron chi connectivity index (χ4n) is 2.20. The van der Waals surface area contributed by atoms with E-state index in [1.54, 1.807) is 6.07 Å². The molecule has 0 aromatic heterocycles. The summed E-state index contributed by atoms with van der Waals surface area (Å²) in [6, 6.07) is 5.29. The predicted molar refractivity (Wildman–Crippen MR) is 73.0 cm³/mol. The van der Waals surface area contributed by atoms with E-state index in [4.69, 9.17) is 10.5 Å². The number of rotatable bonds is 2. The molecule has 0 radical (unpaired) electrons. The van der Waals surface area contributed by atoms with Crippen LogP contribution >= 0.6 is 0 Å². The summed E-state index contributed by atoms with van der Waals surface area (Å²) in [7, 11) is 0. The van der Waals surface area contributed by atoms with Crippen molar-refractivity contribution in [3.63, 3.8) is 0 Å². The van der Waals surface area contributed by atoms with Crippen molar-refractivity contribution in [1.29, 1.82) is 0 Å². The molecule has 2 N–H and O–H groups in total. The summed E-state index contributed by atoms with van der Waals surface area (Å²) < 4.78 is 19.0. The molecule has 2 rings (SSSR count). The molecule has 0 amide bonds. The lowest BCUT2D eigenvalue weighted by molar-refractivity contribution is -0.00440. The van der Waals surface area contributed by atoms with E-state index in [2.05, 4.69) is 23.7 Å². The van der Waals surface area contributed by atoms with Crippen LogP contribution in [0.3, 0.4) is 0 Å². The summed E-state index contributed by atoms with van der Waals surface area (Å²) in [6.45, 7) is 5.47. The molecule has 3 nitrogen and oxygen atoms in total. The smallest absolute Gasteiger partial charge is 0.124 e. The molecular formula is C15H19FN2O. The minimum Gasteiger partial charge on any atom is -0.379 e.